The summed E-state index contributed by atoms with van der Waals surface area (Å²) >= 11 is 12.5. The van der Waals surface area contributed by atoms with E-state index < -0.39 is 0 Å². The predicted octanol–water partition coefficient (Wildman–Crippen LogP) is 3.76. The smallest absolute Gasteiger partial charge is 0.238 e. The van der Waals surface area contributed by atoms with Gasteiger partial charge in [0.25, 0.3) is 0 Å². The molecule has 1 N–H and O–H groups in total. The van der Waals surface area contributed by atoms with Crippen molar-refractivity contribution >= 4 is 34.8 Å². The predicted molar refractivity (Wildman–Crippen MR) is 110 cm³/mol. The van der Waals surface area contributed by atoms with Crippen LogP contribution in [0.3, 0.4) is 0 Å². The largest absolute Gasteiger partial charge is 0.495 e. The number of hydrogen-bond donors (Lipinski definition) is 1. The van der Waals surface area contributed by atoms with Crippen molar-refractivity contribution in [1.82, 2.24) is 9.80 Å². The number of hydrogen-bond acceptors (Lipinski definition) is 4. The highest BCUT2D eigenvalue weighted by molar-refractivity contribution is 6.35. The minimum atomic E-state index is -0.0397. The zero-order chi connectivity index (χ0) is 19.2. The maximum Gasteiger partial charge on any atom is 0.238 e. The fourth-order valence-electron chi connectivity index (χ4n) is 3.15. The van der Waals surface area contributed by atoms with Crippen molar-refractivity contribution in [2.45, 2.75) is 6.54 Å². The zero-order valence-corrected chi connectivity index (χ0v) is 16.8. The molecule has 0 saturated carbocycles. The fourth-order valence-corrected chi connectivity index (χ4v) is 3.67. The Labute approximate surface area is 169 Å². The standard InChI is InChI=1S/C20H23Cl2N3O2/c1-27-19-8-3-2-7-18(19)23-20(26)14-25-11-9-24(10-12-25)13-15-16(21)5-4-6-17(15)22/h2-8H,9-14H2,1H3,(H,23,26). The third-order valence-electron chi connectivity index (χ3n) is 4.66. The van der Waals surface area contributed by atoms with Crippen LogP contribution in [0.25, 0.3) is 0 Å². The molecule has 2 aromatic rings. The van der Waals surface area contributed by atoms with Crippen LogP contribution < -0.4 is 10.1 Å². The van der Waals surface area contributed by atoms with Crippen LogP contribution >= 0.6 is 23.2 Å². The Morgan fingerprint density at radius 3 is 2.30 bits per heavy atom. The molecule has 1 amide bonds. The summed E-state index contributed by atoms with van der Waals surface area (Å²) in [7, 11) is 1.59. The number of carbonyl (C=O) groups is 1. The molecule has 27 heavy (non-hydrogen) atoms. The molecule has 1 aliphatic rings. The summed E-state index contributed by atoms with van der Waals surface area (Å²) in [5.74, 6) is 0.620. The number of amides is 1. The Bertz CT molecular complexity index is 772. The molecule has 0 aliphatic carbocycles. The van der Waals surface area contributed by atoms with Crippen LogP contribution in [0.2, 0.25) is 10.0 Å². The summed E-state index contributed by atoms with van der Waals surface area (Å²) in [4.78, 5) is 16.8. The van der Waals surface area contributed by atoms with Crippen LogP contribution in [0.4, 0.5) is 5.69 Å². The Hall–Kier alpha value is -1.79. The third kappa shape index (κ3) is 5.36. The van der Waals surface area contributed by atoms with Gasteiger partial charge in [-0.1, -0.05) is 41.4 Å². The van der Waals surface area contributed by atoms with E-state index in [1.807, 2.05) is 42.5 Å². The highest BCUT2D eigenvalue weighted by Gasteiger charge is 2.20. The number of ether oxygens (including phenoxy) is 1. The molecule has 0 bridgehead atoms. The minimum absolute atomic E-state index is 0.0397. The second kappa shape index (κ2) is 9.42. The number of methoxy groups -OCH3 is 1. The molecule has 2 aromatic carbocycles. The van der Waals surface area contributed by atoms with Crippen LogP contribution in [0.1, 0.15) is 5.56 Å². The number of piperazine rings is 1. The molecule has 0 spiro atoms. The van der Waals surface area contributed by atoms with Gasteiger partial charge in [-0.3, -0.25) is 14.6 Å². The average molecular weight is 408 g/mol. The first-order valence-corrected chi connectivity index (χ1v) is 9.63. The van der Waals surface area contributed by atoms with Gasteiger partial charge in [0.05, 0.1) is 19.3 Å². The van der Waals surface area contributed by atoms with E-state index in [2.05, 4.69) is 15.1 Å². The van der Waals surface area contributed by atoms with Crippen molar-refractivity contribution < 1.29 is 9.53 Å². The van der Waals surface area contributed by atoms with Crippen LogP contribution in [0.5, 0.6) is 5.75 Å². The van der Waals surface area contributed by atoms with E-state index in [1.165, 1.54) is 0 Å². The van der Waals surface area contributed by atoms with Gasteiger partial charge in [0.15, 0.2) is 0 Å². The van der Waals surface area contributed by atoms with E-state index >= 15 is 0 Å². The molecule has 0 radical (unpaired) electrons. The first-order valence-electron chi connectivity index (χ1n) is 8.87. The second-order valence-electron chi connectivity index (χ2n) is 6.50. The molecular formula is C20H23Cl2N3O2. The summed E-state index contributed by atoms with van der Waals surface area (Å²) in [6.07, 6.45) is 0. The molecule has 1 aliphatic heterocycles. The lowest BCUT2D eigenvalue weighted by Gasteiger charge is -2.34. The van der Waals surface area contributed by atoms with E-state index in [9.17, 15) is 4.79 Å². The molecule has 1 heterocycles. The van der Waals surface area contributed by atoms with Crippen LogP contribution in [0, 0.1) is 0 Å². The number of nitrogens with one attached hydrogen (secondary N) is 1. The number of anilines is 1. The SMILES string of the molecule is COc1ccccc1NC(=O)CN1CCN(Cc2c(Cl)cccc2Cl)CC1. The van der Waals surface area contributed by atoms with Gasteiger partial charge in [-0.2, -0.15) is 0 Å². The summed E-state index contributed by atoms with van der Waals surface area (Å²) in [5, 5.41) is 4.31. The molecule has 0 atom stereocenters. The van der Waals surface area contributed by atoms with Gasteiger partial charge < -0.3 is 10.1 Å². The monoisotopic (exact) mass is 407 g/mol. The zero-order valence-electron chi connectivity index (χ0n) is 15.3. The van der Waals surface area contributed by atoms with Gasteiger partial charge in [-0.05, 0) is 24.3 Å². The number of nitrogens with zero attached hydrogens (tertiary/aromatic N) is 2. The molecule has 144 valence electrons. The summed E-state index contributed by atoms with van der Waals surface area (Å²) in [6.45, 7) is 4.45. The molecular weight excluding hydrogens is 385 g/mol. The van der Waals surface area contributed by atoms with E-state index in [0.717, 1.165) is 38.3 Å². The molecule has 0 unspecified atom stereocenters. The number of carbonyl (C=O) groups excluding carboxylic acids is 1. The van der Waals surface area contributed by atoms with E-state index in [0.29, 0.717) is 28.0 Å². The summed E-state index contributed by atoms with van der Waals surface area (Å²) in [5.41, 5.74) is 1.65. The van der Waals surface area contributed by atoms with E-state index in [4.69, 9.17) is 27.9 Å². The first-order chi connectivity index (χ1) is 13.1. The number of halogens is 2. The quantitative estimate of drug-likeness (QED) is 0.791. The van der Waals surface area contributed by atoms with Gasteiger partial charge in [0.1, 0.15) is 5.75 Å². The van der Waals surface area contributed by atoms with E-state index in [1.54, 1.807) is 7.11 Å². The Kier molecular flexibility index (Phi) is 6.96. The van der Waals surface area contributed by atoms with Crippen LogP contribution in [0.15, 0.2) is 42.5 Å². The van der Waals surface area contributed by atoms with Gasteiger partial charge in [-0.25, -0.2) is 0 Å². The van der Waals surface area contributed by atoms with Gasteiger partial charge in [0, 0.05) is 48.3 Å². The Morgan fingerprint density at radius 1 is 1.00 bits per heavy atom. The first kappa shape index (κ1) is 20.0. The topological polar surface area (TPSA) is 44.8 Å². The molecule has 1 fully saturated rings. The third-order valence-corrected chi connectivity index (χ3v) is 5.36. The number of rotatable bonds is 6. The van der Waals surface area contributed by atoms with Gasteiger partial charge >= 0.3 is 0 Å². The molecule has 3 rings (SSSR count). The van der Waals surface area contributed by atoms with Crippen molar-refractivity contribution in [2.24, 2.45) is 0 Å². The van der Waals surface area contributed by atoms with E-state index in [-0.39, 0.29) is 5.91 Å². The van der Waals surface area contributed by atoms with Crippen molar-refractivity contribution in [3.8, 4) is 5.75 Å². The van der Waals surface area contributed by atoms with Crippen molar-refractivity contribution in [3.63, 3.8) is 0 Å². The van der Waals surface area contributed by atoms with Crippen LogP contribution in [-0.4, -0.2) is 55.5 Å². The lowest BCUT2D eigenvalue weighted by Crippen LogP contribution is -2.48. The molecule has 5 nitrogen and oxygen atoms in total. The minimum Gasteiger partial charge on any atom is -0.495 e. The maximum atomic E-state index is 12.4. The maximum absolute atomic E-state index is 12.4. The van der Waals surface area contributed by atoms with Gasteiger partial charge in [-0.15, -0.1) is 0 Å². The highest BCUT2D eigenvalue weighted by Crippen LogP contribution is 2.26. The van der Waals surface area contributed by atoms with Crippen molar-refractivity contribution in [3.05, 3.63) is 58.1 Å². The molecule has 7 heteroatoms. The lowest BCUT2D eigenvalue weighted by atomic mass is 10.2. The number of para-hydroxylation sites is 2. The second-order valence-corrected chi connectivity index (χ2v) is 7.32. The summed E-state index contributed by atoms with van der Waals surface area (Å²) in [6, 6.07) is 13.0. The normalized spacial score (nSPS) is 15.5. The summed E-state index contributed by atoms with van der Waals surface area (Å²) < 4.78 is 5.27. The Balaban J connectivity index is 1.48. The lowest BCUT2D eigenvalue weighted by molar-refractivity contribution is -0.117. The highest BCUT2D eigenvalue weighted by atomic mass is 35.5. The van der Waals surface area contributed by atoms with Crippen LogP contribution in [-0.2, 0) is 11.3 Å². The fraction of sp³-hybridized carbons (Fsp3) is 0.350. The van der Waals surface area contributed by atoms with Crippen molar-refractivity contribution in [1.29, 1.82) is 0 Å². The number of benzene rings is 2. The van der Waals surface area contributed by atoms with Gasteiger partial charge in [0.2, 0.25) is 5.91 Å². The molecule has 0 aromatic heterocycles. The molecule has 1 saturated heterocycles. The van der Waals surface area contributed by atoms with Crippen molar-refractivity contribution in [2.75, 3.05) is 45.2 Å². The average Bonchev–Trinajstić information content (AvgIpc) is 2.66. The Morgan fingerprint density at radius 2 is 1.63 bits per heavy atom.